The van der Waals surface area contributed by atoms with Crippen LogP contribution in [-0.4, -0.2) is 34.9 Å². The van der Waals surface area contributed by atoms with E-state index in [4.69, 9.17) is 11.6 Å². The largest absolute Gasteiger partial charge is 0.342 e. The quantitative estimate of drug-likeness (QED) is 0.692. The summed E-state index contributed by atoms with van der Waals surface area (Å²) >= 11 is 5.85. The molecule has 3 heterocycles. The Hall–Kier alpha value is -2.87. The number of hydrogen-bond donors (Lipinski definition) is 3. The zero-order valence-corrected chi connectivity index (χ0v) is 17.5. The number of carbonyl (C=O) groups is 2. The minimum Gasteiger partial charge on any atom is -0.342 e. The van der Waals surface area contributed by atoms with Gasteiger partial charge in [0, 0.05) is 30.2 Å². The van der Waals surface area contributed by atoms with Gasteiger partial charge in [0.15, 0.2) is 0 Å². The summed E-state index contributed by atoms with van der Waals surface area (Å²) in [5, 5.41) is 6.04. The number of benzene rings is 1. The van der Waals surface area contributed by atoms with Crippen LogP contribution in [0.5, 0.6) is 0 Å². The molecule has 2 aliphatic heterocycles. The molecule has 0 aliphatic carbocycles. The number of nitrogens with zero attached hydrogens (tertiary/aromatic N) is 2. The lowest BCUT2D eigenvalue weighted by Gasteiger charge is -2.31. The van der Waals surface area contributed by atoms with Crippen molar-refractivity contribution in [3.05, 3.63) is 45.2 Å². The molecule has 1 atom stereocenters. The fraction of sp³-hybridized carbons (Fsp3) is 0.429. The van der Waals surface area contributed by atoms with Gasteiger partial charge in [0.05, 0.1) is 11.5 Å². The molecule has 1 aromatic carbocycles. The van der Waals surface area contributed by atoms with Crippen molar-refractivity contribution in [1.29, 1.82) is 0 Å². The number of rotatable bonds is 4. The minimum absolute atomic E-state index is 0.0287. The van der Waals surface area contributed by atoms with Crippen LogP contribution in [0.3, 0.4) is 0 Å². The molecule has 0 unspecified atom stereocenters. The van der Waals surface area contributed by atoms with Gasteiger partial charge in [-0.3, -0.25) is 19.4 Å². The molecule has 158 valence electrons. The van der Waals surface area contributed by atoms with E-state index in [9.17, 15) is 14.4 Å². The molecule has 0 saturated carbocycles. The molecule has 8 nitrogen and oxygen atoms in total. The Kier molecular flexibility index (Phi) is 5.76. The van der Waals surface area contributed by atoms with Crippen LogP contribution in [0.2, 0.25) is 5.02 Å². The average Bonchev–Trinajstić information content (AvgIpc) is 2.71. The zero-order chi connectivity index (χ0) is 21.3. The van der Waals surface area contributed by atoms with E-state index in [1.807, 2.05) is 4.90 Å². The number of anilines is 3. The van der Waals surface area contributed by atoms with E-state index >= 15 is 0 Å². The molecule has 1 saturated heterocycles. The number of aromatic amines is 1. The number of halogens is 1. The fourth-order valence-corrected chi connectivity index (χ4v) is 3.97. The molecule has 0 radical (unpaired) electrons. The molecular formula is C21H24ClN5O3. The summed E-state index contributed by atoms with van der Waals surface area (Å²) < 4.78 is 0. The topological polar surface area (TPSA) is 107 Å². The fourth-order valence-electron chi connectivity index (χ4n) is 3.84. The summed E-state index contributed by atoms with van der Waals surface area (Å²) in [4.78, 5) is 47.0. The highest BCUT2D eigenvalue weighted by atomic mass is 35.5. The summed E-state index contributed by atoms with van der Waals surface area (Å²) in [5.41, 5.74) is 0.741. The first-order valence-electron chi connectivity index (χ1n) is 10.1. The number of amides is 2. The summed E-state index contributed by atoms with van der Waals surface area (Å²) in [7, 11) is 0. The Bertz CT molecular complexity index is 1010. The third-order valence-corrected chi connectivity index (χ3v) is 5.96. The molecule has 3 N–H and O–H groups in total. The molecule has 0 spiro atoms. The Morgan fingerprint density at radius 2 is 1.93 bits per heavy atom. The maximum absolute atomic E-state index is 12.7. The van der Waals surface area contributed by atoms with E-state index in [1.165, 1.54) is 0 Å². The Labute approximate surface area is 179 Å². The maximum Gasteiger partial charge on any atom is 0.257 e. The van der Waals surface area contributed by atoms with E-state index in [-0.39, 0.29) is 30.2 Å². The Morgan fingerprint density at radius 1 is 1.23 bits per heavy atom. The van der Waals surface area contributed by atoms with Crippen molar-refractivity contribution in [3.8, 4) is 0 Å². The highest BCUT2D eigenvalue weighted by molar-refractivity contribution is 6.30. The van der Waals surface area contributed by atoms with Gasteiger partial charge in [-0.15, -0.1) is 0 Å². The van der Waals surface area contributed by atoms with Crippen molar-refractivity contribution in [3.63, 3.8) is 0 Å². The van der Waals surface area contributed by atoms with E-state index in [2.05, 4.69) is 27.5 Å². The summed E-state index contributed by atoms with van der Waals surface area (Å²) in [6, 6.07) is 6.72. The smallest absolute Gasteiger partial charge is 0.257 e. The van der Waals surface area contributed by atoms with E-state index < -0.39 is 5.92 Å². The van der Waals surface area contributed by atoms with Gasteiger partial charge in [-0.25, -0.2) is 0 Å². The number of carbonyl (C=O) groups excluding carboxylic acids is 2. The molecule has 0 bridgehead atoms. The SMILES string of the molecule is CC1CCN(c2nc3c(c(=O)[nH]2)C[C@H](CC(=O)Nc2ccc(Cl)cc2)C(=O)N3)CC1. The van der Waals surface area contributed by atoms with Gasteiger partial charge in [-0.05, 0) is 49.4 Å². The van der Waals surface area contributed by atoms with Crippen molar-refractivity contribution in [2.45, 2.75) is 32.6 Å². The van der Waals surface area contributed by atoms with Gasteiger partial charge in [0.2, 0.25) is 17.8 Å². The van der Waals surface area contributed by atoms with E-state index in [0.717, 1.165) is 25.9 Å². The number of hydrogen-bond acceptors (Lipinski definition) is 5. The molecule has 2 aromatic rings. The third kappa shape index (κ3) is 4.48. The van der Waals surface area contributed by atoms with Crippen LogP contribution in [0.1, 0.15) is 31.7 Å². The molecule has 1 fully saturated rings. The van der Waals surface area contributed by atoms with Gasteiger partial charge in [0.25, 0.3) is 5.56 Å². The van der Waals surface area contributed by atoms with Crippen LogP contribution in [0.15, 0.2) is 29.1 Å². The molecule has 30 heavy (non-hydrogen) atoms. The first-order chi connectivity index (χ1) is 14.4. The van der Waals surface area contributed by atoms with Crippen molar-refractivity contribution in [1.82, 2.24) is 9.97 Å². The number of nitrogens with one attached hydrogen (secondary N) is 3. The molecule has 9 heteroatoms. The number of aromatic nitrogens is 2. The Balaban J connectivity index is 1.45. The minimum atomic E-state index is -0.630. The van der Waals surface area contributed by atoms with Crippen molar-refractivity contribution < 1.29 is 9.59 Å². The predicted octanol–water partition coefficient (Wildman–Crippen LogP) is 2.80. The lowest BCUT2D eigenvalue weighted by Crippen LogP contribution is -2.39. The highest BCUT2D eigenvalue weighted by Crippen LogP contribution is 2.26. The van der Waals surface area contributed by atoms with Crippen molar-refractivity contribution in [2.75, 3.05) is 28.6 Å². The van der Waals surface area contributed by atoms with Gasteiger partial charge in [0.1, 0.15) is 5.82 Å². The van der Waals surface area contributed by atoms with Gasteiger partial charge < -0.3 is 15.5 Å². The van der Waals surface area contributed by atoms with E-state index in [0.29, 0.717) is 34.0 Å². The summed E-state index contributed by atoms with van der Waals surface area (Å²) in [6.45, 7) is 3.86. The monoisotopic (exact) mass is 429 g/mol. The highest BCUT2D eigenvalue weighted by Gasteiger charge is 2.32. The number of H-pyrrole nitrogens is 1. The summed E-state index contributed by atoms with van der Waals surface area (Å²) in [6.07, 6.45) is 2.23. The zero-order valence-electron chi connectivity index (χ0n) is 16.7. The maximum atomic E-state index is 12.7. The first kappa shape index (κ1) is 20.4. The van der Waals surface area contributed by atoms with Crippen LogP contribution in [-0.2, 0) is 16.0 Å². The molecule has 2 aliphatic rings. The predicted molar refractivity (Wildman–Crippen MR) is 116 cm³/mol. The van der Waals surface area contributed by atoms with Gasteiger partial charge in [-0.2, -0.15) is 4.98 Å². The van der Waals surface area contributed by atoms with Crippen molar-refractivity contribution in [2.24, 2.45) is 11.8 Å². The second-order valence-electron chi connectivity index (χ2n) is 8.04. The van der Waals surface area contributed by atoms with Crippen LogP contribution in [0, 0.1) is 11.8 Å². The molecule has 4 rings (SSSR count). The Morgan fingerprint density at radius 3 is 2.63 bits per heavy atom. The average molecular weight is 430 g/mol. The normalized spacial score (nSPS) is 19.2. The lowest BCUT2D eigenvalue weighted by atomic mass is 9.92. The third-order valence-electron chi connectivity index (χ3n) is 5.71. The van der Waals surface area contributed by atoms with Gasteiger partial charge >= 0.3 is 0 Å². The van der Waals surface area contributed by atoms with Crippen molar-refractivity contribution >= 4 is 40.9 Å². The second-order valence-corrected chi connectivity index (χ2v) is 8.47. The van der Waals surface area contributed by atoms with Crippen LogP contribution in [0.25, 0.3) is 0 Å². The van der Waals surface area contributed by atoms with Crippen LogP contribution >= 0.6 is 11.6 Å². The molecular weight excluding hydrogens is 406 g/mol. The number of fused-ring (bicyclic) bond motifs is 1. The molecule has 2 amide bonds. The lowest BCUT2D eigenvalue weighted by molar-refractivity contribution is -0.125. The van der Waals surface area contributed by atoms with Gasteiger partial charge in [-0.1, -0.05) is 18.5 Å². The second kappa shape index (κ2) is 8.47. The standard InChI is InChI=1S/C21H24ClN5O3/c1-12-6-8-27(9-7-12)21-25-18-16(20(30)26-21)10-13(19(29)24-18)11-17(28)23-15-4-2-14(22)3-5-15/h2-5,12-13H,6-11H2,1H3,(H,23,28)(H2,24,25,26,29,30)/t13-/m1/s1. The molecule has 1 aromatic heterocycles. The summed E-state index contributed by atoms with van der Waals surface area (Å²) in [5.74, 6) is 0.213. The van der Waals surface area contributed by atoms with E-state index in [1.54, 1.807) is 24.3 Å². The van der Waals surface area contributed by atoms with Crippen LogP contribution < -0.4 is 21.1 Å². The number of piperidine rings is 1. The van der Waals surface area contributed by atoms with Crippen LogP contribution in [0.4, 0.5) is 17.5 Å². The first-order valence-corrected chi connectivity index (χ1v) is 10.5.